The van der Waals surface area contributed by atoms with Crippen molar-refractivity contribution >= 4 is 17.3 Å². The van der Waals surface area contributed by atoms with E-state index in [-0.39, 0.29) is 17.6 Å². The van der Waals surface area contributed by atoms with Crippen molar-refractivity contribution in [1.82, 2.24) is 0 Å². The molecule has 0 heterocycles. The number of benzene rings is 1. The van der Waals surface area contributed by atoms with Crippen LogP contribution in [0, 0.1) is 10.1 Å². The van der Waals surface area contributed by atoms with E-state index in [4.69, 9.17) is 5.73 Å². The van der Waals surface area contributed by atoms with E-state index in [0.29, 0.717) is 12.2 Å². The van der Waals surface area contributed by atoms with Gasteiger partial charge >= 0.3 is 0 Å². The van der Waals surface area contributed by atoms with Crippen molar-refractivity contribution in [2.75, 3.05) is 11.4 Å². The fraction of sp³-hybridized carbons (Fsp3) is 0.364. The van der Waals surface area contributed by atoms with Crippen LogP contribution in [0.5, 0.6) is 0 Å². The molecule has 0 aliphatic carbocycles. The minimum Gasteiger partial charge on any atom is -0.326 e. The van der Waals surface area contributed by atoms with E-state index in [1.807, 2.05) is 0 Å². The molecule has 0 aliphatic rings. The number of nitro groups is 1. The lowest BCUT2D eigenvalue weighted by molar-refractivity contribution is -0.384. The van der Waals surface area contributed by atoms with Gasteiger partial charge in [-0.15, -0.1) is 0 Å². The Bertz CT molecular complexity index is 432. The van der Waals surface area contributed by atoms with Crippen molar-refractivity contribution in [1.29, 1.82) is 0 Å². The van der Waals surface area contributed by atoms with Crippen LogP contribution in [-0.2, 0) is 4.79 Å². The van der Waals surface area contributed by atoms with Gasteiger partial charge in [-0.1, -0.05) is 6.07 Å². The summed E-state index contributed by atoms with van der Waals surface area (Å²) in [6.07, 6.45) is 0. The molecule has 6 nitrogen and oxygen atoms in total. The van der Waals surface area contributed by atoms with Gasteiger partial charge in [-0.2, -0.15) is 0 Å². The number of rotatable bonds is 4. The van der Waals surface area contributed by atoms with Gasteiger partial charge in [0.2, 0.25) is 5.91 Å². The van der Waals surface area contributed by atoms with Gasteiger partial charge in [-0.05, 0) is 13.0 Å². The predicted molar refractivity (Wildman–Crippen MR) is 64.8 cm³/mol. The normalized spacial score (nSPS) is 11.9. The van der Waals surface area contributed by atoms with Gasteiger partial charge in [0, 0.05) is 31.6 Å². The van der Waals surface area contributed by atoms with E-state index < -0.39 is 4.92 Å². The number of nitrogens with two attached hydrogens (primary N) is 1. The number of hydrogen-bond acceptors (Lipinski definition) is 4. The van der Waals surface area contributed by atoms with Crippen LogP contribution in [0.4, 0.5) is 11.4 Å². The van der Waals surface area contributed by atoms with Crippen LogP contribution in [0.1, 0.15) is 13.8 Å². The fourth-order valence-electron chi connectivity index (χ4n) is 1.48. The van der Waals surface area contributed by atoms with Crippen LogP contribution in [0.15, 0.2) is 24.3 Å². The number of carbonyl (C=O) groups excluding carboxylic acids is 1. The van der Waals surface area contributed by atoms with Gasteiger partial charge in [-0.3, -0.25) is 14.9 Å². The molecule has 0 saturated heterocycles. The third-order valence-corrected chi connectivity index (χ3v) is 2.20. The molecule has 92 valence electrons. The summed E-state index contributed by atoms with van der Waals surface area (Å²) in [6, 6.07) is 5.75. The zero-order chi connectivity index (χ0) is 13.0. The summed E-state index contributed by atoms with van der Waals surface area (Å²) < 4.78 is 0. The molecule has 0 aliphatic heterocycles. The molecule has 1 rings (SSSR count). The van der Waals surface area contributed by atoms with Gasteiger partial charge in [0.05, 0.1) is 10.6 Å². The van der Waals surface area contributed by atoms with Gasteiger partial charge < -0.3 is 10.6 Å². The standard InChI is InChI=1S/C11H15N3O3/c1-8(12)7-13(9(2)15)10-4-3-5-11(6-10)14(16)17/h3-6,8H,7,12H2,1-2H3/t8-/m1/s1. The smallest absolute Gasteiger partial charge is 0.271 e. The lowest BCUT2D eigenvalue weighted by Gasteiger charge is -2.22. The Labute approximate surface area is 99.2 Å². The predicted octanol–water partition coefficient (Wildman–Crippen LogP) is 1.29. The minimum atomic E-state index is -0.492. The molecule has 6 heteroatoms. The third kappa shape index (κ3) is 3.53. The van der Waals surface area contributed by atoms with E-state index in [1.165, 1.54) is 24.0 Å². The molecule has 0 aromatic heterocycles. The molecule has 1 aromatic rings. The Balaban J connectivity index is 3.05. The average molecular weight is 237 g/mol. The van der Waals surface area contributed by atoms with Crippen LogP contribution in [0.2, 0.25) is 0 Å². The number of amides is 1. The molecule has 0 spiro atoms. The Morgan fingerprint density at radius 1 is 1.59 bits per heavy atom. The molecule has 17 heavy (non-hydrogen) atoms. The van der Waals surface area contributed by atoms with Crippen molar-refractivity contribution < 1.29 is 9.72 Å². The van der Waals surface area contributed by atoms with E-state index >= 15 is 0 Å². The van der Waals surface area contributed by atoms with Crippen molar-refractivity contribution in [3.63, 3.8) is 0 Å². The zero-order valence-corrected chi connectivity index (χ0v) is 9.79. The molecule has 1 aromatic carbocycles. The van der Waals surface area contributed by atoms with E-state index in [0.717, 1.165) is 0 Å². The number of anilines is 1. The summed E-state index contributed by atoms with van der Waals surface area (Å²) >= 11 is 0. The Kier molecular flexibility index (Phi) is 4.17. The maximum atomic E-state index is 11.5. The zero-order valence-electron chi connectivity index (χ0n) is 9.79. The number of hydrogen-bond donors (Lipinski definition) is 1. The van der Waals surface area contributed by atoms with Crippen LogP contribution in [-0.4, -0.2) is 23.4 Å². The van der Waals surface area contributed by atoms with Crippen molar-refractivity contribution in [3.8, 4) is 0 Å². The van der Waals surface area contributed by atoms with Gasteiger partial charge in [0.25, 0.3) is 5.69 Å². The Hall–Kier alpha value is -1.95. The summed E-state index contributed by atoms with van der Waals surface area (Å²) in [4.78, 5) is 23.0. The molecular weight excluding hydrogens is 222 g/mol. The molecule has 0 fully saturated rings. The maximum absolute atomic E-state index is 11.5. The molecule has 1 amide bonds. The molecule has 1 atom stereocenters. The van der Waals surface area contributed by atoms with Crippen molar-refractivity contribution in [2.24, 2.45) is 5.73 Å². The van der Waals surface area contributed by atoms with Crippen molar-refractivity contribution in [3.05, 3.63) is 34.4 Å². The lowest BCUT2D eigenvalue weighted by Crippen LogP contribution is -2.38. The number of nitro benzene ring substituents is 1. The summed E-state index contributed by atoms with van der Waals surface area (Å²) in [6.45, 7) is 3.50. The second-order valence-electron chi connectivity index (χ2n) is 3.88. The molecule has 2 N–H and O–H groups in total. The van der Waals surface area contributed by atoms with E-state index in [1.54, 1.807) is 19.1 Å². The van der Waals surface area contributed by atoms with Gasteiger partial charge in [-0.25, -0.2) is 0 Å². The van der Waals surface area contributed by atoms with Crippen molar-refractivity contribution in [2.45, 2.75) is 19.9 Å². The summed E-state index contributed by atoms with van der Waals surface area (Å²) in [7, 11) is 0. The second kappa shape index (κ2) is 5.40. The van der Waals surface area contributed by atoms with Crippen LogP contribution >= 0.6 is 0 Å². The summed E-state index contributed by atoms with van der Waals surface area (Å²) in [5.74, 6) is -0.192. The third-order valence-electron chi connectivity index (χ3n) is 2.20. The molecule has 0 bridgehead atoms. The molecule has 0 unspecified atom stereocenters. The Morgan fingerprint density at radius 2 is 2.24 bits per heavy atom. The summed E-state index contributed by atoms with van der Waals surface area (Å²) in [5, 5.41) is 10.6. The monoisotopic (exact) mass is 237 g/mol. The van der Waals surface area contributed by atoms with Gasteiger partial charge in [0.15, 0.2) is 0 Å². The Morgan fingerprint density at radius 3 is 2.71 bits per heavy atom. The second-order valence-corrected chi connectivity index (χ2v) is 3.88. The first kappa shape index (κ1) is 13.1. The highest BCUT2D eigenvalue weighted by atomic mass is 16.6. The minimum absolute atomic E-state index is 0.0431. The topological polar surface area (TPSA) is 89.5 Å². The van der Waals surface area contributed by atoms with Crippen LogP contribution < -0.4 is 10.6 Å². The van der Waals surface area contributed by atoms with Crippen LogP contribution in [0.3, 0.4) is 0 Å². The van der Waals surface area contributed by atoms with E-state index in [9.17, 15) is 14.9 Å². The highest BCUT2D eigenvalue weighted by Crippen LogP contribution is 2.21. The number of non-ortho nitro benzene ring substituents is 1. The first-order chi connectivity index (χ1) is 7.91. The van der Waals surface area contributed by atoms with Gasteiger partial charge in [0.1, 0.15) is 0 Å². The average Bonchev–Trinajstić information content (AvgIpc) is 2.25. The molecular formula is C11H15N3O3. The number of carbonyl (C=O) groups is 1. The molecule has 0 radical (unpaired) electrons. The first-order valence-electron chi connectivity index (χ1n) is 5.20. The SMILES string of the molecule is CC(=O)N(C[C@@H](C)N)c1cccc([N+](=O)[O-])c1. The highest BCUT2D eigenvalue weighted by Gasteiger charge is 2.15. The lowest BCUT2D eigenvalue weighted by atomic mass is 10.2. The largest absolute Gasteiger partial charge is 0.326 e. The van der Waals surface area contributed by atoms with Crippen LogP contribution in [0.25, 0.3) is 0 Å². The fourth-order valence-corrected chi connectivity index (χ4v) is 1.48. The maximum Gasteiger partial charge on any atom is 0.271 e. The highest BCUT2D eigenvalue weighted by molar-refractivity contribution is 5.91. The first-order valence-corrected chi connectivity index (χ1v) is 5.20. The molecule has 0 saturated carbocycles. The van der Waals surface area contributed by atoms with E-state index in [2.05, 4.69) is 0 Å². The number of nitrogens with zero attached hydrogens (tertiary/aromatic N) is 2. The quantitative estimate of drug-likeness (QED) is 0.631. The summed E-state index contributed by atoms with van der Waals surface area (Å²) in [5.41, 5.74) is 6.09.